The average Bonchev–Trinajstić information content (AvgIpc) is 3.10. The lowest BCUT2D eigenvalue weighted by Gasteiger charge is -2.20. The molecule has 0 spiro atoms. The van der Waals surface area contributed by atoms with E-state index in [1.807, 2.05) is 12.5 Å². The highest BCUT2D eigenvalue weighted by Gasteiger charge is 2.42. The molecule has 3 nitrogen and oxygen atoms in total. The van der Waals surface area contributed by atoms with Crippen LogP contribution in [-0.2, 0) is 6.42 Å². The van der Waals surface area contributed by atoms with Gasteiger partial charge in [0.05, 0.1) is 6.33 Å². The number of nitrogens with zero attached hydrogens (tertiary/aromatic N) is 2. The Hall–Kier alpha value is -0.830. The fourth-order valence-electron chi connectivity index (χ4n) is 2.66. The van der Waals surface area contributed by atoms with E-state index in [1.54, 1.807) is 0 Å². The molecule has 0 aliphatic heterocycles. The quantitative estimate of drug-likeness (QED) is 0.795. The van der Waals surface area contributed by atoms with E-state index in [-0.39, 0.29) is 0 Å². The summed E-state index contributed by atoms with van der Waals surface area (Å²) in [5.41, 5.74) is 6.97. The Balaban J connectivity index is 1.84. The number of aromatic nitrogens is 2. The fourth-order valence-corrected chi connectivity index (χ4v) is 2.66. The minimum Gasteiger partial charge on any atom is -0.331 e. The maximum absolute atomic E-state index is 5.63. The molecular formula is C12H19N3. The van der Waals surface area contributed by atoms with Gasteiger partial charge < -0.3 is 10.3 Å². The third kappa shape index (κ3) is 1.81. The maximum atomic E-state index is 5.63. The molecule has 0 bridgehead atoms. The standard InChI is InChI=1S/C12H19N3/c13-6-5-11-7-14-8-15(11)12(9-1-2-9)10-3-4-10/h7-10,12H,1-6,13H2. The van der Waals surface area contributed by atoms with Crippen molar-refractivity contribution in [2.75, 3.05) is 6.54 Å². The molecule has 0 amide bonds. The van der Waals surface area contributed by atoms with Crippen molar-refractivity contribution < 1.29 is 0 Å². The van der Waals surface area contributed by atoms with Crippen molar-refractivity contribution in [3.8, 4) is 0 Å². The predicted octanol–water partition coefficient (Wildman–Crippen LogP) is 1.75. The second kappa shape index (κ2) is 3.63. The van der Waals surface area contributed by atoms with Crippen molar-refractivity contribution in [1.82, 2.24) is 9.55 Å². The summed E-state index contributed by atoms with van der Waals surface area (Å²) in [6, 6.07) is 0.744. The van der Waals surface area contributed by atoms with Gasteiger partial charge in [-0.1, -0.05) is 0 Å². The van der Waals surface area contributed by atoms with Crippen LogP contribution < -0.4 is 5.73 Å². The summed E-state index contributed by atoms with van der Waals surface area (Å²) in [5.74, 6) is 1.87. The van der Waals surface area contributed by atoms with Crippen LogP contribution in [0, 0.1) is 11.8 Å². The van der Waals surface area contributed by atoms with Crippen molar-refractivity contribution in [2.45, 2.75) is 38.1 Å². The predicted molar refractivity (Wildman–Crippen MR) is 59.5 cm³/mol. The van der Waals surface area contributed by atoms with Gasteiger partial charge in [-0.05, 0) is 44.1 Å². The van der Waals surface area contributed by atoms with Gasteiger partial charge in [-0.15, -0.1) is 0 Å². The van der Waals surface area contributed by atoms with Gasteiger partial charge in [0.2, 0.25) is 0 Å². The molecule has 2 fully saturated rings. The summed E-state index contributed by atoms with van der Waals surface area (Å²) in [6.45, 7) is 0.730. The molecule has 1 heterocycles. The summed E-state index contributed by atoms with van der Waals surface area (Å²) in [4.78, 5) is 4.29. The molecule has 15 heavy (non-hydrogen) atoms. The van der Waals surface area contributed by atoms with Crippen LogP contribution in [0.1, 0.15) is 37.4 Å². The first-order valence-electron chi connectivity index (χ1n) is 6.11. The lowest BCUT2D eigenvalue weighted by atomic mass is 10.1. The van der Waals surface area contributed by atoms with E-state index in [0.717, 1.165) is 30.8 Å². The zero-order valence-electron chi connectivity index (χ0n) is 9.10. The fraction of sp³-hybridized carbons (Fsp3) is 0.750. The molecule has 0 aromatic carbocycles. The van der Waals surface area contributed by atoms with E-state index >= 15 is 0 Å². The van der Waals surface area contributed by atoms with Gasteiger partial charge in [0, 0.05) is 24.4 Å². The molecule has 0 unspecified atom stereocenters. The van der Waals surface area contributed by atoms with Gasteiger partial charge in [-0.25, -0.2) is 4.98 Å². The lowest BCUT2D eigenvalue weighted by Crippen LogP contribution is -2.17. The molecule has 2 aliphatic rings. The number of nitrogens with two attached hydrogens (primary N) is 1. The molecular weight excluding hydrogens is 186 g/mol. The van der Waals surface area contributed by atoms with Gasteiger partial charge in [-0.2, -0.15) is 0 Å². The Labute approximate surface area is 90.7 Å². The summed E-state index contributed by atoms with van der Waals surface area (Å²) >= 11 is 0. The van der Waals surface area contributed by atoms with Crippen LogP contribution in [0.5, 0.6) is 0 Å². The summed E-state index contributed by atoms with van der Waals surface area (Å²) in [6.07, 6.45) is 10.7. The first-order valence-corrected chi connectivity index (χ1v) is 6.11. The van der Waals surface area contributed by atoms with E-state index < -0.39 is 0 Å². The van der Waals surface area contributed by atoms with Crippen molar-refractivity contribution in [1.29, 1.82) is 0 Å². The number of hydrogen-bond donors (Lipinski definition) is 1. The Morgan fingerprint density at radius 2 is 2.00 bits per heavy atom. The number of imidazole rings is 1. The van der Waals surface area contributed by atoms with Gasteiger partial charge in [-0.3, -0.25) is 0 Å². The maximum Gasteiger partial charge on any atom is 0.0950 e. The Bertz CT molecular complexity index is 324. The van der Waals surface area contributed by atoms with Crippen LogP contribution in [0.4, 0.5) is 0 Å². The van der Waals surface area contributed by atoms with Crippen LogP contribution in [0.25, 0.3) is 0 Å². The van der Waals surface area contributed by atoms with Crippen LogP contribution in [0.3, 0.4) is 0 Å². The summed E-state index contributed by atoms with van der Waals surface area (Å²) in [5, 5.41) is 0. The Morgan fingerprint density at radius 1 is 1.33 bits per heavy atom. The molecule has 2 aliphatic carbocycles. The zero-order valence-corrected chi connectivity index (χ0v) is 9.10. The Kier molecular flexibility index (Phi) is 2.28. The van der Waals surface area contributed by atoms with E-state index in [2.05, 4.69) is 9.55 Å². The zero-order chi connectivity index (χ0) is 10.3. The summed E-state index contributed by atoms with van der Waals surface area (Å²) < 4.78 is 2.42. The molecule has 2 N–H and O–H groups in total. The van der Waals surface area contributed by atoms with Gasteiger partial charge in [0.25, 0.3) is 0 Å². The molecule has 1 aromatic heterocycles. The topological polar surface area (TPSA) is 43.8 Å². The third-order valence-electron chi connectivity index (χ3n) is 3.68. The van der Waals surface area contributed by atoms with Crippen molar-refractivity contribution >= 4 is 0 Å². The van der Waals surface area contributed by atoms with E-state index in [4.69, 9.17) is 5.73 Å². The van der Waals surface area contributed by atoms with E-state index in [1.165, 1.54) is 31.4 Å². The van der Waals surface area contributed by atoms with Crippen molar-refractivity contribution in [3.05, 3.63) is 18.2 Å². The third-order valence-corrected chi connectivity index (χ3v) is 3.68. The van der Waals surface area contributed by atoms with Crippen LogP contribution in [-0.4, -0.2) is 16.1 Å². The molecule has 3 heteroatoms. The SMILES string of the molecule is NCCc1cncn1C(C1CC1)C1CC1. The normalized spacial score (nSPS) is 21.2. The van der Waals surface area contributed by atoms with E-state index in [0.29, 0.717) is 0 Å². The lowest BCUT2D eigenvalue weighted by molar-refractivity contribution is 0.384. The van der Waals surface area contributed by atoms with Crippen LogP contribution in [0.15, 0.2) is 12.5 Å². The second-order valence-corrected chi connectivity index (χ2v) is 5.00. The monoisotopic (exact) mass is 205 g/mol. The highest BCUT2D eigenvalue weighted by Crippen LogP contribution is 2.52. The molecule has 0 atom stereocenters. The molecule has 2 saturated carbocycles. The van der Waals surface area contributed by atoms with Gasteiger partial charge in [0.1, 0.15) is 0 Å². The number of hydrogen-bond acceptors (Lipinski definition) is 2. The van der Waals surface area contributed by atoms with Gasteiger partial charge in [0.15, 0.2) is 0 Å². The summed E-state index contributed by atoms with van der Waals surface area (Å²) in [7, 11) is 0. The minimum atomic E-state index is 0.730. The molecule has 1 aromatic rings. The highest BCUT2D eigenvalue weighted by molar-refractivity contribution is 5.06. The molecule has 3 rings (SSSR count). The van der Waals surface area contributed by atoms with Crippen LogP contribution in [0.2, 0.25) is 0 Å². The van der Waals surface area contributed by atoms with Crippen molar-refractivity contribution in [3.63, 3.8) is 0 Å². The molecule has 0 radical (unpaired) electrons. The second-order valence-electron chi connectivity index (χ2n) is 5.00. The van der Waals surface area contributed by atoms with Gasteiger partial charge >= 0.3 is 0 Å². The van der Waals surface area contributed by atoms with E-state index in [9.17, 15) is 0 Å². The number of rotatable bonds is 5. The highest BCUT2D eigenvalue weighted by atomic mass is 15.1. The molecule has 82 valence electrons. The Morgan fingerprint density at radius 3 is 2.53 bits per heavy atom. The van der Waals surface area contributed by atoms with Crippen LogP contribution >= 0.6 is 0 Å². The minimum absolute atomic E-state index is 0.730. The first-order chi connectivity index (χ1) is 7.40. The average molecular weight is 205 g/mol. The largest absolute Gasteiger partial charge is 0.331 e. The molecule has 0 saturated heterocycles. The first kappa shape index (κ1) is 9.40. The van der Waals surface area contributed by atoms with Crippen molar-refractivity contribution in [2.24, 2.45) is 17.6 Å². The smallest absolute Gasteiger partial charge is 0.0950 e.